The van der Waals surface area contributed by atoms with E-state index in [1.807, 2.05) is 12.1 Å². The van der Waals surface area contributed by atoms with Crippen molar-refractivity contribution < 1.29 is 4.79 Å². The molecule has 0 spiro atoms. The molecule has 92 valence electrons. The third-order valence-electron chi connectivity index (χ3n) is 3.29. The van der Waals surface area contributed by atoms with Crippen LogP contribution in [0.25, 0.3) is 0 Å². The van der Waals surface area contributed by atoms with Gasteiger partial charge >= 0.3 is 0 Å². The van der Waals surface area contributed by atoms with Crippen LogP contribution in [-0.2, 0) is 11.2 Å². The summed E-state index contributed by atoms with van der Waals surface area (Å²) in [7, 11) is 0. The van der Waals surface area contributed by atoms with E-state index in [2.05, 4.69) is 17.0 Å². The average Bonchev–Trinajstić information content (AvgIpc) is 2.29. The first-order valence-corrected chi connectivity index (χ1v) is 5.92. The van der Waals surface area contributed by atoms with Gasteiger partial charge in [0, 0.05) is 18.8 Å². The number of hydrogen-bond acceptors (Lipinski definition) is 3. The van der Waals surface area contributed by atoms with Crippen molar-refractivity contribution in [1.82, 2.24) is 0 Å². The van der Waals surface area contributed by atoms with Crippen molar-refractivity contribution in [3.63, 3.8) is 0 Å². The fraction of sp³-hybridized carbons (Fsp3) is 0.462. The number of anilines is 1. The number of nitrogens with zero attached hydrogens (tertiary/aromatic N) is 1. The minimum atomic E-state index is -0.982. The Morgan fingerprint density at radius 2 is 2.18 bits per heavy atom. The summed E-state index contributed by atoms with van der Waals surface area (Å²) in [6.45, 7) is 3.09. The van der Waals surface area contributed by atoms with Gasteiger partial charge in [-0.25, -0.2) is 0 Å². The Balaban J connectivity index is 2.22. The van der Waals surface area contributed by atoms with Crippen molar-refractivity contribution in [1.29, 1.82) is 0 Å². The number of primary amides is 1. The molecule has 1 heterocycles. The first kappa shape index (κ1) is 11.9. The molecule has 4 N–H and O–H groups in total. The zero-order valence-electron chi connectivity index (χ0n) is 10.1. The lowest BCUT2D eigenvalue weighted by atomic mass is 9.97. The molecule has 4 nitrogen and oxygen atoms in total. The number of aryl methyl sites for hydroxylation is 1. The standard InChI is InChI=1S/C13H19N3O/c1-13(15,12(14)17)9-16-8-4-6-10-5-2-3-7-11(10)16/h2-3,5,7H,4,6,8-9,15H2,1H3,(H2,14,17). The van der Waals surface area contributed by atoms with Crippen molar-refractivity contribution in [2.45, 2.75) is 25.3 Å². The Morgan fingerprint density at radius 3 is 2.88 bits per heavy atom. The molecule has 1 aromatic rings. The summed E-state index contributed by atoms with van der Waals surface area (Å²) in [6, 6.07) is 8.25. The molecule has 0 fully saturated rings. The Hall–Kier alpha value is -1.55. The molecule has 17 heavy (non-hydrogen) atoms. The minimum Gasteiger partial charge on any atom is -0.369 e. The van der Waals surface area contributed by atoms with Gasteiger partial charge in [-0.05, 0) is 31.4 Å². The number of benzene rings is 1. The lowest BCUT2D eigenvalue weighted by molar-refractivity contribution is -0.122. The normalized spacial score (nSPS) is 18.4. The van der Waals surface area contributed by atoms with Crippen molar-refractivity contribution in [3.8, 4) is 0 Å². The van der Waals surface area contributed by atoms with Gasteiger partial charge in [-0.2, -0.15) is 0 Å². The molecule has 2 rings (SSSR count). The lowest BCUT2D eigenvalue weighted by Gasteiger charge is -2.36. The predicted octanol–water partition coefficient (Wildman–Crippen LogP) is 0.642. The van der Waals surface area contributed by atoms with Crippen LogP contribution in [0.5, 0.6) is 0 Å². The summed E-state index contributed by atoms with van der Waals surface area (Å²) in [5.41, 5.74) is 12.8. The van der Waals surface area contributed by atoms with Gasteiger partial charge in [0.15, 0.2) is 0 Å². The first-order chi connectivity index (χ1) is 8.00. The van der Waals surface area contributed by atoms with Crippen LogP contribution in [0.2, 0.25) is 0 Å². The highest BCUT2D eigenvalue weighted by atomic mass is 16.1. The first-order valence-electron chi connectivity index (χ1n) is 5.92. The highest BCUT2D eigenvalue weighted by Gasteiger charge is 2.30. The Morgan fingerprint density at radius 1 is 1.47 bits per heavy atom. The van der Waals surface area contributed by atoms with Gasteiger partial charge in [0.05, 0.1) is 0 Å². The van der Waals surface area contributed by atoms with E-state index in [4.69, 9.17) is 11.5 Å². The SMILES string of the molecule is CC(N)(CN1CCCc2ccccc21)C(N)=O. The van der Waals surface area contributed by atoms with E-state index < -0.39 is 11.4 Å². The molecule has 1 amide bonds. The van der Waals surface area contributed by atoms with Gasteiger partial charge < -0.3 is 16.4 Å². The van der Waals surface area contributed by atoms with E-state index in [1.165, 1.54) is 11.3 Å². The summed E-state index contributed by atoms with van der Waals surface area (Å²) in [5, 5.41) is 0. The molecule has 4 heteroatoms. The van der Waals surface area contributed by atoms with Crippen molar-refractivity contribution in [2.24, 2.45) is 11.5 Å². The molecule has 0 saturated carbocycles. The van der Waals surface area contributed by atoms with Crippen LogP contribution in [0.15, 0.2) is 24.3 Å². The molecule has 0 saturated heterocycles. The van der Waals surface area contributed by atoms with Gasteiger partial charge in [0.25, 0.3) is 0 Å². The van der Waals surface area contributed by atoms with Gasteiger partial charge in [-0.3, -0.25) is 4.79 Å². The second-order valence-electron chi connectivity index (χ2n) is 4.94. The highest BCUT2D eigenvalue weighted by molar-refractivity contribution is 5.84. The predicted molar refractivity (Wildman–Crippen MR) is 68.8 cm³/mol. The molecular weight excluding hydrogens is 214 g/mol. The van der Waals surface area contributed by atoms with Crippen LogP contribution in [0.1, 0.15) is 18.9 Å². The van der Waals surface area contributed by atoms with E-state index in [0.717, 1.165) is 19.4 Å². The van der Waals surface area contributed by atoms with Gasteiger partial charge in [0.2, 0.25) is 5.91 Å². The molecule has 1 aliphatic rings. The second kappa shape index (κ2) is 4.37. The van der Waals surface area contributed by atoms with E-state index >= 15 is 0 Å². The van der Waals surface area contributed by atoms with Crippen LogP contribution in [0, 0.1) is 0 Å². The quantitative estimate of drug-likeness (QED) is 0.804. The number of carbonyl (C=O) groups is 1. The Kier molecular flexibility index (Phi) is 3.07. The smallest absolute Gasteiger partial charge is 0.239 e. The van der Waals surface area contributed by atoms with Crippen molar-refractivity contribution >= 4 is 11.6 Å². The van der Waals surface area contributed by atoms with Crippen LogP contribution in [0.4, 0.5) is 5.69 Å². The zero-order chi connectivity index (χ0) is 12.5. The molecule has 0 aliphatic carbocycles. The Bertz CT molecular complexity index is 428. The van der Waals surface area contributed by atoms with E-state index in [0.29, 0.717) is 6.54 Å². The monoisotopic (exact) mass is 233 g/mol. The molecule has 0 radical (unpaired) electrons. The fourth-order valence-electron chi connectivity index (χ4n) is 2.25. The molecule has 0 bridgehead atoms. The molecule has 1 atom stereocenters. The van der Waals surface area contributed by atoms with Crippen molar-refractivity contribution in [3.05, 3.63) is 29.8 Å². The van der Waals surface area contributed by atoms with E-state index in [9.17, 15) is 4.79 Å². The van der Waals surface area contributed by atoms with Crippen LogP contribution >= 0.6 is 0 Å². The molecule has 1 aliphatic heterocycles. The van der Waals surface area contributed by atoms with E-state index in [1.54, 1.807) is 6.92 Å². The van der Waals surface area contributed by atoms with Gasteiger partial charge in [-0.1, -0.05) is 18.2 Å². The minimum absolute atomic E-state index is 0.458. The summed E-state index contributed by atoms with van der Waals surface area (Å²) < 4.78 is 0. The highest BCUT2D eigenvalue weighted by Crippen LogP contribution is 2.27. The third kappa shape index (κ3) is 2.42. The number of nitrogens with two attached hydrogens (primary N) is 2. The largest absolute Gasteiger partial charge is 0.369 e. The maximum atomic E-state index is 11.3. The van der Waals surface area contributed by atoms with Crippen LogP contribution in [-0.4, -0.2) is 24.5 Å². The average molecular weight is 233 g/mol. The molecular formula is C13H19N3O. The zero-order valence-corrected chi connectivity index (χ0v) is 10.1. The summed E-state index contributed by atoms with van der Waals surface area (Å²) in [5.74, 6) is -0.458. The summed E-state index contributed by atoms with van der Waals surface area (Å²) in [6.07, 6.45) is 2.18. The fourth-order valence-corrected chi connectivity index (χ4v) is 2.25. The second-order valence-corrected chi connectivity index (χ2v) is 4.94. The number of fused-ring (bicyclic) bond motifs is 1. The van der Waals surface area contributed by atoms with Crippen LogP contribution < -0.4 is 16.4 Å². The number of rotatable bonds is 3. The molecule has 1 unspecified atom stereocenters. The van der Waals surface area contributed by atoms with Crippen LogP contribution in [0.3, 0.4) is 0 Å². The molecule has 0 aromatic heterocycles. The summed E-state index contributed by atoms with van der Waals surface area (Å²) in [4.78, 5) is 13.4. The van der Waals surface area contributed by atoms with Crippen molar-refractivity contribution in [2.75, 3.05) is 18.0 Å². The number of amides is 1. The van der Waals surface area contributed by atoms with E-state index in [-0.39, 0.29) is 0 Å². The number of para-hydroxylation sites is 1. The summed E-state index contributed by atoms with van der Waals surface area (Å²) >= 11 is 0. The van der Waals surface area contributed by atoms with Gasteiger partial charge in [-0.15, -0.1) is 0 Å². The third-order valence-corrected chi connectivity index (χ3v) is 3.29. The maximum absolute atomic E-state index is 11.3. The molecule has 1 aromatic carbocycles. The maximum Gasteiger partial charge on any atom is 0.239 e. The Labute approximate surface area is 102 Å². The topological polar surface area (TPSA) is 72.3 Å². The lowest BCUT2D eigenvalue weighted by Crippen LogP contribution is -2.57. The number of carbonyl (C=O) groups excluding carboxylic acids is 1. The van der Waals surface area contributed by atoms with Gasteiger partial charge in [0.1, 0.15) is 5.54 Å². The number of hydrogen-bond donors (Lipinski definition) is 2.